The summed E-state index contributed by atoms with van der Waals surface area (Å²) in [4.78, 5) is -0.740. The van der Waals surface area contributed by atoms with Crippen LogP contribution in [0.25, 0.3) is 0 Å². The Morgan fingerprint density at radius 1 is 1.25 bits per heavy atom. The Balaban J connectivity index is 0.00000225. The molecule has 0 fully saturated rings. The molecule has 0 unspecified atom stereocenters. The van der Waals surface area contributed by atoms with Gasteiger partial charge in [-0.25, -0.2) is 0 Å². The van der Waals surface area contributed by atoms with Crippen molar-refractivity contribution in [1.29, 1.82) is 0 Å². The number of nitrogen functional groups attached to an aromatic ring is 1. The largest absolute Gasteiger partial charge is 0.416 e. The normalized spacial score (nSPS) is 12.0. The van der Waals surface area contributed by atoms with E-state index in [0.29, 0.717) is 18.2 Å². The van der Waals surface area contributed by atoms with E-state index in [0.717, 1.165) is 0 Å². The second-order valence-corrected chi connectivity index (χ2v) is 4.12. The first kappa shape index (κ1) is 16.4. The summed E-state index contributed by atoms with van der Waals surface area (Å²) in [5, 5.41) is 0. The molecule has 1 rings (SSSR count). The van der Waals surface area contributed by atoms with E-state index in [9.17, 15) is 21.6 Å². The van der Waals surface area contributed by atoms with Crippen LogP contribution >= 0.6 is 0 Å². The third-order valence-corrected chi connectivity index (χ3v) is 2.54. The van der Waals surface area contributed by atoms with E-state index in [1.165, 1.54) is 0 Å². The first-order valence-electron chi connectivity index (χ1n) is 3.56. The van der Waals surface area contributed by atoms with Gasteiger partial charge in [-0.2, -0.15) is 21.6 Å². The van der Waals surface area contributed by atoms with Crippen molar-refractivity contribution in [3.05, 3.63) is 23.8 Å². The Hall–Kier alpha value is 0.356. The molecule has 0 saturated carbocycles. The molecule has 0 saturated heterocycles. The van der Waals surface area contributed by atoms with E-state index in [2.05, 4.69) is 0 Å². The minimum Gasteiger partial charge on any atom is -0.398 e. The van der Waals surface area contributed by atoms with Crippen molar-refractivity contribution in [2.75, 3.05) is 5.73 Å². The van der Waals surface area contributed by atoms with Gasteiger partial charge in [-0.3, -0.25) is 4.55 Å². The average Bonchev–Trinajstić information content (AvgIpc) is 1.99. The quantitative estimate of drug-likeness (QED) is 0.459. The van der Waals surface area contributed by atoms with Crippen LogP contribution < -0.4 is 5.73 Å². The number of hydrogen-bond acceptors (Lipinski definition) is 3. The molecule has 3 N–H and O–H groups in total. The van der Waals surface area contributed by atoms with Crippen LogP contribution in [-0.4, -0.2) is 64.4 Å². The SMILES string of the molecule is Nc1cc(C(F)(F)F)ccc1S(=O)(=O)O.[K]. The van der Waals surface area contributed by atoms with Gasteiger partial charge in [0, 0.05) is 51.4 Å². The van der Waals surface area contributed by atoms with E-state index < -0.39 is 32.4 Å². The summed E-state index contributed by atoms with van der Waals surface area (Å²) in [6, 6.07) is 1.58. The van der Waals surface area contributed by atoms with Gasteiger partial charge in [-0.1, -0.05) is 0 Å². The summed E-state index contributed by atoms with van der Waals surface area (Å²) in [7, 11) is -4.59. The Kier molecular flexibility index (Phi) is 5.45. The minimum atomic E-state index is -4.61. The van der Waals surface area contributed by atoms with Crippen molar-refractivity contribution in [3.63, 3.8) is 0 Å². The molecular formula is C7H6F3KNO3S. The van der Waals surface area contributed by atoms with Gasteiger partial charge in [0.1, 0.15) is 4.90 Å². The monoisotopic (exact) mass is 280 g/mol. The molecule has 0 heterocycles. The Morgan fingerprint density at radius 2 is 1.75 bits per heavy atom. The molecule has 9 heteroatoms. The van der Waals surface area contributed by atoms with Crippen molar-refractivity contribution in [2.45, 2.75) is 11.1 Å². The molecule has 0 amide bonds. The fraction of sp³-hybridized carbons (Fsp3) is 0.143. The molecule has 16 heavy (non-hydrogen) atoms. The van der Waals surface area contributed by atoms with Gasteiger partial charge < -0.3 is 5.73 Å². The van der Waals surface area contributed by atoms with Crippen LogP contribution in [0.15, 0.2) is 23.1 Å². The van der Waals surface area contributed by atoms with Gasteiger partial charge >= 0.3 is 6.18 Å². The van der Waals surface area contributed by atoms with Gasteiger partial charge in [0.05, 0.1) is 11.3 Å². The summed E-state index contributed by atoms with van der Waals surface area (Å²) in [6.07, 6.45) is -4.61. The Bertz CT molecular complexity index is 486. The van der Waals surface area contributed by atoms with Crippen LogP contribution in [0.5, 0.6) is 0 Å². The van der Waals surface area contributed by atoms with E-state index in [1.54, 1.807) is 0 Å². The van der Waals surface area contributed by atoms with Gasteiger partial charge in [-0.15, -0.1) is 0 Å². The fourth-order valence-electron chi connectivity index (χ4n) is 0.960. The number of rotatable bonds is 1. The third-order valence-electron chi connectivity index (χ3n) is 1.62. The van der Waals surface area contributed by atoms with Crippen molar-refractivity contribution < 1.29 is 26.1 Å². The Morgan fingerprint density at radius 3 is 2.06 bits per heavy atom. The summed E-state index contributed by atoms with van der Waals surface area (Å²) >= 11 is 0. The number of halogens is 3. The smallest absolute Gasteiger partial charge is 0.398 e. The molecule has 0 aliphatic heterocycles. The summed E-state index contributed by atoms with van der Waals surface area (Å²) in [5.41, 5.74) is 3.34. The second-order valence-electron chi connectivity index (χ2n) is 2.73. The predicted octanol–water partition coefficient (Wildman–Crippen LogP) is 1.15. The van der Waals surface area contributed by atoms with E-state index >= 15 is 0 Å². The number of anilines is 1. The molecule has 0 aromatic heterocycles. The third kappa shape index (κ3) is 3.98. The molecule has 0 bridgehead atoms. The molecule has 4 nitrogen and oxygen atoms in total. The molecule has 0 aliphatic rings. The van der Waals surface area contributed by atoms with Crippen molar-refractivity contribution >= 4 is 67.2 Å². The number of nitrogens with two attached hydrogens (primary N) is 1. The zero-order chi connectivity index (χ0) is 11.9. The van der Waals surface area contributed by atoms with Crippen LogP contribution in [0.3, 0.4) is 0 Å². The Labute approximate surface area is 132 Å². The number of benzene rings is 1. The number of hydrogen-bond donors (Lipinski definition) is 2. The maximum atomic E-state index is 12.1. The van der Waals surface area contributed by atoms with Crippen LogP contribution in [-0.2, 0) is 16.3 Å². The molecular weight excluding hydrogens is 274 g/mol. The standard InChI is InChI=1S/C7H6F3NO3S.K/c8-7(9,10)4-1-2-6(5(11)3-4)15(12,13)14;/h1-3H,11H2,(H,12,13,14);. The zero-order valence-electron chi connectivity index (χ0n) is 8.12. The van der Waals surface area contributed by atoms with Crippen molar-refractivity contribution in [2.24, 2.45) is 0 Å². The maximum Gasteiger partial charge on any atom is 0.416 e. The summed E-state index contributed by atoms with van der Waals surface area (Å²) in [6.45, 7) is 0. The summed E-state index contributed by atoms with van der Waals surface area (Å²) in [5.74, 6) is 0. The zero-order valence-corrected chi connectivity index (χ0v) is 12.1. The molecule has 0 aliphatic carbocycles. The number of alkyl halides is 3. The summed E-state index contributed by atoms with van der Waals surface area (Å²) < 4.78 is 66.2. The molecule has 0 spiro atoms. The molecule has 0 atom stereocenters. The van der Waals surface area contributed by atoms with Crippen molar-refractivity contribution in [3.8, 4) is 0 Å². The topological polar surface area (TPSA) is 80.4 Å². The predicted molar refractivity (Wildman–Crippen MR) is 51.4 cm³/mol. The van der Waals surface area contributed by atoms with Crippen LogP contribution in [0.1, 0.15) is 5.56 Å². The molecule has 85 valence electrons. The van der Waals surface area contributed by atoms with Gasteiger partial charge in [0.25, 0.3) is 10.1 Å². The van der Waals surface area contributed by atoms with Crippen LogP contribution in [0.4, 0.5) is 18.9 Å². The maximum absolute atomic E-state index is 12.1. The van der Waals surface area contributed by atoms with Crippen molar-refractivity contribution in [1.82, 2.24) is 0 Å². The van der Waals surface area contributed by atoms with Crippen LogP contribution in [0.2, 0.25) is 0 Å². The molecule has 1 aromatic carbocycles. The first-order chi connectivity index (χ1) is 6.62. The van der Waals surface area contributed by atoms with Gasteiger partial charge in [-0.05, 0) is 18.2 Å². The second kappa shape index (κ2) is 5.34. The first-order valence-corrected chi connectivity index (χ1v) is 5.00. The molecule has 1 aromatic rings. The average molecular weight is 280 g/mol. The van der Waals surface area contributed by atoms with Gasteiger partial charge in [0.15, 0.2) is 0 Å². The van der Waals surface area contributed by atoms with E-state index in [1.807, 2.05) is 0 Å². The molecule has 1 radical (unpaired) electrons. The van der Waals surface area contributed by atoms with Gasteiger partial charge in [0.2, 0.25) is 0 Å². The minimum absolute atomic E-state index is 0. The van der Waals surface area contributed by atoms with E-state index in [-0.39, 0.29) is 51.4 Å². The van der Waals surface area contributed by atoms with E-state index in [4.69, 9.17) is 10.3 Å². The fourth-order valence-corrected chi connectivity index (χ4v) is 1.56. The van der Waals surface area contributed by atoms with Crippen LogP contribution in [0, 0.1) is 0 Å².